The van der Waals surface area contributed by atoms with Crippen LogP contribution < -0.4 is 5.32 Å². The number of nitrogens with one attached hydrogen (secondary N) is 1. The number of hydrogen-bond donors (Lipinski definition) is 1. The largest absolute Gasteiger partial charge is 0.368 e. The predicted molar refractivity (Wildman–Crippen MR) is 93.2 cm³/mol. The molecule has 1 fully saturated rings. The Morgan fingerprint density at radius 3 is 2.67 bits per heavy atom. The number of benzene rings is 1. The molecule has 1 heterocycles. The van der Waals surface area contributed by atoms with Crippen molar-refractivity contribution in [2.45, 2.75) is 31.8 Å². The highest BCUT2D eigenvalue weighted by molar-refractivity contribution is 7.88. The summed E-state index contributed by atoms with van der Waals surface area (Å²) in [5.74, 6) is -0.148. The summed E-state index contributed by atoms with van der Waals surface area (Å²) in [4.78, 5) is 11.9. The summed E-state index contributed by atoms with van der Waals surface area (Å²) in [6.45, 7) is 1.65. The van der Waals surface area contributed by atoms with Crippen molar-refractivity contribution in [3.63, 3.8) is 0 Å². The van der Waals surface area contributed by atoms with Crippen molar-refractivity contribution in [3.05, 3.63) is 35.9 Å². The first-order valence-electron chi connectivity index (χ1n) is 8.35. The van der Waals surface area contributed by atoms with Crippen molar-refractivity contribution in [3.8, 4) is 0 Å². The molecule has 1 atom stereocenters. The molecule has 0 saturated carbocycles. The van der Waals surface area contributed by atoms with E-state index in [1.165, 1.54) is 16.1 Å². The molecule has 1 aliphatic rings. The SMILES string of the molecule is CS(=O)(=O)N(CCCc1ccccc1)CCNC(=O)C1CCCO1. The van der Waals surface area contributed by atoms with E-state index in [4.69, 9.17) is 4.74 Å². The van der Waals surface area contributed by atoms with Gasteiger partial charge in [-0.15, -0.1) is 0 Å². The van der Waals surface area contributed by atoms with Crippen molar-refractivity contribution in [1.29, 1.82) is 0 Å². The van der Waals surface area contributed by atoms with Crippen LogP contribution in [0.5, 0.6) is 0 Å². The van der Waals surface area contributed by atoms with E-state index in [9.17, 15) is 13.2 Å². The topological polar surface area (TPSA) is 75.7 Å². The molecule has 24 heavy (non-hydrogen) atoms. The zero-order valence-corrected chi connectivity index (χ0v) is 14.9. The Hall–Kier alpha value is -1.44. The molecule has 0 aromatic heterocycles. The van der Waals surface area contributed by atoms with E-state index in [1.807, 2.05) is 30.3 Å². The van der Waals surface area contributed by atoms with Gasteiger partial charge in [0.15, 0.2) is 0 Å². The van der Waals surface area contributed by atoms with Gasteiger partial charge >= 0.3 is 0 Å². The minimum atomic E-state index is -3.29. The van der Waals surface area contributed by atoms with Crippen molar-refractivity contribution in [2.75, 3.05) is 32.5 Å². The van der Waals surface area contributed by atoms with Gasteiger partial charge in [0.2, 0.25) is 15.9 Å². The Bertz CT molecular complexity index is 613. The summed E-state index contributed by atoms with van der Waals surface area (Å²) < 4.78 is 30.5. The second-order valence-electron chi connectivity index (χ2n) is 6.04. The lowest BCUT2D eigenvalue weighted by atomic mass is 10.1. The fourth-order valence-electron chi connectivity index (χ4n) is 2.75. The lowest BCUT2D eigenvalue weighted by Gasteiger charge is -2.20. The first kappa shape index (κ1) is 18.9. The van der Waals surface area contributed by atoms with Crippen molar-refractivity contribution in [2.24, 2.45) is 0 Å². The van der Waals surface area contributed by atoms with E-state index < -0.39 is 10.0 Å². The number of carbonyl (C=O) groups excluding carboxylic acids is 1. The van der Waals surface area contributed by atoms with Crippen LogP contribution >= 0.6 is 0 Å². The van der Waals surface area contributed by atoms with Gasteiger partial charge in [-0.3, -0.25) is 4.79 Å². The number of ether oxygens (including phenoxy) is 1. The molecule has 134 valence electrons. The van der Waals surface area contributed by atoms with E-state index >= 15 is 0 Å². The van der Waals surface area contributed by atoms with Crippen LogP contribution in [0.3, 0.4) is 0 Å². The van der Waals surface area contributed by atoms with Gasteiger partial charge in [-0.1, -0.05) is 30.3 Å². The number of sulfonamides is 1. The maximum Gasteiger partial charge on any atom is 0.249 e. The minimum absolute atomic E-state index is 0.148. The third-order valence-corrected chi connectivity index (χ3v) is 5.37. The number of amides is 1. The molecular formula is C17H26N2O4S. The number of aryl methyl sites for hydroxylation is 1. The Labute approximate surface area is 144 Å². The molecule has 7 heteroatoms. The molecule has 1 amide bonds. The quantitative estimate of drug-likeness (QED) is 0.722. The molecule has 2 rings (SSSR count). The smallest absolute Gasteiger partial charge is 0.249 e. The highest BCUT2D eigenvalue weighted by Gasteiger charge is 2.23. The fourth-order valence-corrected chi connectivity index (χ4v) is 3.63. The summed E-state index contributed by atoms with van der Waals surface area (Å²) in [7, 11) is -3.29. The summed E-state index contributed by atoms with van der Waals surface area (Å²) in [6, 6.07) is 9.98. The van der Waals surface area contributed by atoms with Crippen LogP contribution in [0.15, 0.2) is 30.3 Å². The molecule has 1 aliphatic heterocycles. The molecule has 1 aromatic rings. The van der Waals surface area contributed by atoms with Gasteiger partial charge in [0.1, 0.15) is 6.10 Å². The molecular weight excluding hydrogens is 328 g/mol. The Balaban J connectivity index is 1.75. The van der Waals surface area contributed by atoms with Crippen LogP contribution in [-0.2, 0) is 26.0 Å². The molecule has 0 bridgehead atoms. The summed E-state index contributed by atoms with van der Waals surface area (Å²) in [5, 5.41) is 2.77. The molecule has 1 unspecified atom stereocenters. The lowest BCUT2D eigenvalue weighted by Crippen LogP contribution is -2.41. The van der Waals surface area contributed by atoms with Crippen LogP contribution in [0.4, 0.5) is 0 Å². The molecule has 6 nitrogen and oxygen atoms in total. The van der Waals surface area contributed by atoms with E-state index in [1.54, 1.807) is 0 Å². The number of carbonyl (C=O) groups is 1. The van der Waals surface area contributed by atoms with Crippen LogP contribution in [-0.4, -0.2) is 57.2 Å². The van der Waals surface area contributed by atoms with Gasteiger partial charge in [-0.05, 0) is 31.2 Å². The first-order valence-corrected chi connectivity index (χ1v) is 10.2. The number of nitrogens with zero attached hydrogens (tertiary/aromatic N) is 1. The molecule has 1 saturated heterocycles. The van der Waals surface area contributed by atoms with Crippen LogP contribution in [0.25, 0.3) is 0 Å². The maximum absolute atomic E-state index is 11.9. The monoisotopic (exact) mass is 354 g/mol. The van der Waals surface area contributed by atoms with Crippen molar-refractivity contribution >= 4 is 15.9 Å². The van der Waals surface area contributed by atoms with Gasteiger partial charge < -0.3 is 10.1 Å². The average molecular weight is 354 g/mol. The van der Waals surface area contributed by atoms with E-state index in [2.05, 4.69) is 5.32 Å². The van der Waals surface area contributed by atoms with Gasteiger partial charge in [0.25, 0.3) is 0 Å². The van der Waals surface area contributed by atoms with E-state index in [-0.39, 0.29) is 18.6 Å². The van der Waals surface area contributed by atoms with Crippen molar-refractivity contribution in [1.82, 2.24) is 9.62 Å². The zero-order chi connectivity index (χ0) is 17.4. The predicted octanol–water partition coefficient (Wildman–Crippen LogP) is 1.18. The number of hydrogen-bond acceptors (Lipinski definition) is 4. The second kappa shape index (κ2) is 9.15. The zero-order valence-electron chi connectivity index (χ0n) is 14.1. The molecule has 0 aliphatic carbocycles. The van der Waals surface area contributed by atoms with Crippen molar-refractivity contribution < 1.29 is 17.9 Å². The Morgan fingerprint density at radius 1 is 1.29 bits per heavy atom. The normalized spacial score (nSPS) is 18.0. The standard InChI is InChI=1S/C17H26N2O4S/c1-24(21,22)19(12-5-9-15-7-3-2-4-8-15)13-11-18-17(20)16-10-6-14-23-16/h2-4,7-8,16H,5-6,9-14H2,1H3,(H,18,20). The van der Waals surface area contributed by atoms with Gasteiger partial charge in [0, 0.05) is 26.2 Å². The average Bonchev–Trinajstić information content (AvgIpc) is 3.08. The van der Waals surface area contributed by atoms with Crippen LogP contribution in [0, 0.1) is 0 Å². The van der Waals surface area contributed by atoms with Crippen LogP contribution in [0.2, 0.25) is 0 Å². The summed E-state index contributed by atoms with van der Waals surface area (Å²) >= 11 is 0. The molecule has 0 radical (unpaired) electrons. The highest BCUT2D eigenvalue weighted by atomic mass is 32.2. The Kier molecular flexibility index (Phi) is 7.20. The summed E-state index contributed by atoms with van der Waals surface area (Å²) in [5.41, 5.74) is 1.19. The third-order valence-electron chi connectivity index (χ3n) is 4.07. The van der Waals surface area contributed by atoms with Crippen LogP contribution in [0.1, 0.15) is 24.8 Å². The lowest BCUT2D eigenvalue weighted by molar-refractivity contribution is -0.130. The molecule has 1 aromatic carbocycles. The summed E-state index contributed by atoms with van der Waals surface area (Å²) in [6.07, 6.45) is 4.03. The highest BCUT2D eigenvalue weighted by Crippen LogP contribution is 2.11. The first-order chi connectivity index (χ1) is 11.5. The molecule has 1 N–H and O–H groups in total. The van der Waals surface area contributed by atoms with Gasteiger partial charge in [-0.25, -0.2) is 12.7 Å². The molecule has 0 spiro atoms. The van der Waals surface area contributed by atoms with E-state index in [0.717, 1.165) is 25.7 Å². The Morgan fingerprint density at radius 2 is 2.04 bits per heavy atom. The fraction of sp³-hybridized carbons (Fsp3) is 0.588. The number of rotatable bonds is 9. The minimum Gasteiger partial charge on any atom is -0.368 e. The maximum atomic E-state index is 11.9. The van der Waals surface area contributed by atoms with Gasteiger partial charge in [-0.2, -0.15) is 0 Å². The third kappa shape index (κ3) is 6.22. The second-order valence-corrected chi connectivity index (χ2v) is 8.03. The van der Waals surface area contributed by atoms with Gasteiger partial charge in [0.05, 0.1) is 6.26 Å². The van der Waals surface area contributed by atoms with E-state index in [0.29, 0.717) is 19.7 Å².